The number of halogens is 7. The third-order valence-electron chi connectivity index (χ3n) is 8.78. The number of nitrogens with zero attached hydrogens (tertiary/aromatic N) is 2. The molecule has 2 saturated heterocycles. The van der Waals surface area contributed by atoms with Gasteiger partial charge in [0.25, 0.3) is 23.6 Å². The zero-order valence-corrected chi connectivity index (χ0v) is 23.5. The van der Waals surface area contributed by atoms with Crippen molar-refractivity contribution in [3.8, 4) is 5.75 Å². The lowest BCUT2D eigenvalue weighted by Gasteiger charge is -2.50. The molecule has 2 aliphatic heterocycles. The number of imide groups is 2. The van der Waals surface area contributed by atoms with Gasteiger partial charge in [0.2, 0.25) is 5.82 Å². The summed E-state index contributed by atoms with van der Waals surface area (Å²) in [6.07, 6.45) is 0.646. The number of fused-ring (bicyclic) bond motifs is 4. The second kappa shape index (κ2) is 10.2. The molecule has 6 atom stereocenters. The van der Waals surface area contributed by atoms with Crippen LogP contribution in [-0.4, -0.2) is 62.0 Å². The number of allylic oxidation sites excluding steroid dienone is 2. The number of alkyl halides is 2. The standard InChI is InChI=1S/C28H19Cl2F5N2O7/c29-27-9-13-10(5-6-12-15(13)24(40)37(43)23(12)39)16(11-3-1-2-4-14(11)44-8-7-38)28(27,30)26(42)36(25(27)41)22-20(34)18(32)17(31)19(33)21(22)35/h1-5,12-13,15-16,38,43H,6-9H2. The maximum Gasteiger partial charge on any atom is 0.258 e. The highest BCUT2D eigenvalue weighted by Crippen LogP contribution is 2.66. The first kappa shape index (κ1) is 30.4. The van der Waals surface area contributed by atoms with Crippen LogP contribution in [0.2, 0.25) is 0 Å². The van der Waals surface area contributed by atoms with Crippen LogP contribution in [-0.2, 0) is 19.2 Å². The Hall–Kier alpha value is -3.59. The van der Waals surface area contributed by atoms with Gasteiger partial charge in [-0.05, 0) is 24.8 Å². The molecule has 0 aromatic heterocycles. The summed E-state index contributed by atoms with van der Waals surface area (Å²) < 4.78 is 78.1. The van der Waals surface area contributed by atoms with Crippen LogP contribution in [0.4, 0.5) is 27.6 Å². The van der Waals surface area contributed by atoms with Gasteiger partial charge in [0.1, 0.15) is 18.0 Å². The Kier molecular flexibility index (Phi) is 7.07. The third-order valence-corrected chi connectivity index (χ3v) is 10.2. The second-order valence-corrected chi connectivity index (χ2v) is 12.0. The molecule has 0 spiro atoms. The number of anilines is 1. The van der Waals surface area contributed by atoms with E-state index in [1.807, 2.05) is 0 Å². The molecule has 2 aliphatic carbocycles. The van der Waals surface area contributed by atoms with Crippen LogP contribution < -0.4 is 9.64 Å². The first-order valence-electron chi connectivity index (χ1n) is 13.1. The highest BCUT2D eigenvalue weighted by molar-refractivity contribution is 6.58. The number of ether oxygens (including phenoxy) is 1. The van der Waals surface area contributed by atoms with Crippen molar-refractivity contribution in [2.45, 2.75) is 28.5 Å². The van der Waals surface area contributed by atoms with Crippen molar-refractivity contribution in [2.75, 3.05) is 18.1 Å². The van der Waals surface area contributed by atoms with Crippen LogP contribution in [0.3, 0.4) is 0 Å². The minimum atomic E-state index is -2.72. The highest BCUT2D eigenvalue weighted by atomic mass is 35.5. The van der Waals surface area contributed by atoms with E-state index in [4.69, 9.17) is 27.9 Å². The number of hydrogen-bond acceptors (Lipinski definition) is 7. The summed E-state index contributed by atoms with van der Waals surface area (Å²) in [6, 6.07) is 5.82. The Morgan fingerprint density at radius 1 is 0.886 bits per heavy atom. The highest BCUT2D eigenvalue weighted by Gasteiger charge is 2.77. The number of rotatable bonds is 5. The average Bonchev–Trinajstić information content (AvgIpc) is 3.32. The number of carbonyl (C=O) groups is 4. The van der Waals surface area contributed by atoms with Crippen molar-refractivity contribution in [3.63, 3.8) is 0 Å². The number of para-hydroxylation sites is 1. The number of benzene rings is 2. The van der Waals surface area contributed by atoms with Gasteiger partial charge in [-0.25, -0.2) is 26.9 Å². The fourth-order valence-corrected chi connectivity index (χ4v) is 7.83. The van der Waals surface area contributed by atoms with E-state index < -0.39 is 105 Å². The zero-order valence-electron chi connectivity index (χ0n) is 22.0. The van der Waals surface area contributed by atoms with E-state index in [0.29, 0.717) is 0 Å². The number of aliphatic hydroxyl groups excluding tert-OH is 1. The fraction of sp³-hybridized carbons (Fsp3) is 0.357. The smallest absolute Gasteiger partial charge is 0.258 e. The Bertz CT molecular complexity index is 1680. The maximum atomic E-state index is 15.0. The molecule has 9 nitrogen and oxygen atoms in total. The van der Waals surface area contributed by atoms with Gasteiger partial charge in [-0.1, -0.05) is 29.8 Å². The molecule has 232 valence electrons. The molecule has 6 rings (SSSR count). The Morgan fingerprint density at radius 2 is 1.50 bits per heavy atom. The van der Waals surface area contributed by atoms with Gasteiger partial charge >= 0.3 is 0 Å². The summed E-state index contributed by atoms with van der Waals surface area (Å²) in [5.41, 5.74) is -1.64. The zero-order chi connectivity index (χ0) is 32.0. The van der Waals surface area contributed by atoms with Crippen molar-refractivity contribution >= 4 is 52.5 Å². The van der Waals surface area contributed by atoms with Gasteiger partial charge in [-0.2, -0.15) is 5.06 Å². The van der Waals surface area contributed by atoms with E-state index >= 15 is 8.78 Å². The summed E-state index contributed by atoms with van der Waals surface area (Å²) in [4.78, 5) is 48.3. The van der Waals surface area contributed by atoms with E-state index in [1.54, 1.807) is 0 Å². The minimum absolute atomic E-state index is 0.0156. The largest absolute Gasteiger partial charge is 0.491 e. The first-order valence-corrected chi connectivity index (χ1v) is 13.9. The number of aliphatic hydroxyl groups is 1. The van der Waals surface area contributed by atoms with E-state index in [-0.39, 0.29) is 39.9 Å². The summed E-state index contributed by atoms with van der Waals surface area (Å²) in [5.74, 6) is -22.7. The molecule has 2 aromatic rings. The van der Waals surface area contributed by atoms with Gasteiger partial charge in [0.05, 0.1) is 18.4 Å². The fourth-order valence-electron chi connectivity index (χ4n) is 6.90. The summed E-state index contributed by atoms with van der Waals surface area (Å²) in [7, 11) is 0. The molecule has 44 heavy (non-hydrogen) atoms. The average molecular weight is 661 g/mol. The van der Waals surface area contributed by atoms with Crippen LogP contribution in [0.25, 0.3) is 0 Å². The Morgan fingerprint density at radius 3 is 2.14 bits per heavy atom. The molecule has 3 fully saturated rings. The number of amides is 4. The molecule has 2 N–H and O–H groups in total. The Labute approximate surface area is 254 Å². The van der Waals surface area contributed by atoms with Crippen molar-refractivity contribution in [1.82, 2.24) is 5.06 Å². The van der Waals surface area contributed by atoms with Crippen LogP contribution in [0.15, 0.2) is 35.9 Å². The lowest BCUT2D eigenvalue weighted by Crippen LogP contribution is -2.60. The molecule has 4 amide bonds. The van der Waals surface area contributed by atoms with Gasteiger partial charge in [-0.15, -0.1) is 23.2 Å². The number of hydroxylamine groups is 2. The Balaban J connectivity index is 1.62. The molecule has 0 bridgehead atoms. The quantitative estimate of drug-likeness (QED) is 0.0953. The topological polar surface area (TPSA) is 124 Å². The molecule has 1 saturated carbocycles. The monoisotopic (exact) mass is 660 g/mol. The first-order chi connectivity index (χ1) is 20.7. The van der Waals surface area contributed by atoms with Gasteiger partial charge < -0.3 is 9.84 Å². The van der Waals surface area contributed by atoms with Crippen molar-refractivity contribution < 1.29 is 56.2 Å². The van der Waals surface area contributed by atoms with E-state index in [1.165, 1.54) is 30.3 Å². The maximum absolute atomic E-state index is 15.0. The van der Waals surface area contributed by atoms with Gasteiger partial charge in [-0.3, -0.25) is 24.4 Å². The summed E-state index contributed by atoms with van der Waals surface area (Å²) in [5, 5.41) is 19.4. The number of carbonyl (C=O) groups excluding carboxylic acids is 4. The molecule has 4 aliphatic rings. The lowest BCUT2D eigenvalue weighted by molar-refractivity contribution is -0.173. The predicted molar refractivity (Wildman–Crippen MR) is 139 cm³/mol. The van der Waals surface area contributed by atoms with E-state index in [0.717, 1.165) is 0 Å². The normalized spacial score (nSPS) is 31.2. The SMILES string of the molecule is O=C1C2CC=C3C(CC4(Cl)C(=O)N(c5c(F)c(F)c(F)c(F)c5F)C(=O)C4(Cl)C3c3ccccc3OCCO)C2C(=O)N1O. The van der Waals surface area contributed by atoms with Crippen molar-refractivity contribution in [2.24, 2.45) is 17.8 Å². The second-order valence-electron chi connectivity index (χ2n) is 10.8. The summed E-state index contributed by atoms with van der Waals surface area (Å²) >= 11 is 14.0. The lowest BCUT2D eigenvalue weighted by atomic mass is 9.56. The minimum Gasteiger partial charge on any atom is -0.491 e. The predicted octanol–water partition coefficient (Wildman–Crippen LogP) is 3.71. The van der Waals surface area contributed by atoms with Gasteiger partial charge in [0.15, 0.2) is 33.0 Å². The summed E-state index contributed by atoms with van der Waals surface area (Å²) in [6.45, 7) is -0.706. The molecular weight excluding hydrogens is 642 g/mol. The molecule has 2 heterocycles. The molecule has 16 heteroatoms. The molecule has 2 aromatic carbocycles. The molecular formula is C28H19Cl2F5N2O7. The number of hydrogen-bond donors (Lipinski definition) is 2. The van der Waals surface area contributed by atoms with Crippen LogP contribution >= 0.6 is 23.2 Å². The third kappa shape index (κ3) is 3.71. The van der Waals surface area contributed by atoms with Crippen molar-refractivity contribution in [1.29, 1.82) is 0 Å². The molecule has 0 radical (unpaired) electrons. The van der Waals surface area contributed by atoms with Gasteiger partial charge in [0, 0.05) is 11.5 Å². The molecule has 6 unspecified atom stereocenters. The van der Waals surface area contributed by atoms with Crippen LogP contribution in [0.1, 0.15) is 24.3 Å². The van der Waals surface area contributed by atoms with Crippen molar-refractivity contribution in [3.05, 3.63) is 70.6 Å². The van der Waals surface area contributed by atoms with E-state index in [9.17, 15) is 42.7 Å². The van der Waals surface area contributed by atoms with Crippen LogP contribution in [0.5, 0.6) is 5.75 Å². The van der Waals surface area contributed by atoms with E-state index in [2.05, 4.69) is 0 Å². The van der Waals surface area contributed by atoms with Crippen LogP contribution in [0, 0.1) is 46.8 Å².